The van der Waals surface area contributed by atoms with E-state index in [0.29, 0.717) is 25.3 Å². The minimum atomic E-state index is -0.583. The summed E-state index contributed by atoms with van der Waals surface area (Å²) < 4.78 is 5.44. The molecule has 0 radical (unpaired) electrons. The van der Waals surface area contributed by atoms with Crippen LogP contribution in [-0.2, 0) is 11.3 Å². The summed E-state index contributed by atoms with van der Waals surface area (Å²) in [6.07, 6.45) is -0.399. The van der Waals surface area contributed by atoms with Crippen LogP contribution in [0.2, 0.25) is 0 Å². The van der Waals surface area contributed by atoms with E-state index in [2.05, 4.69) is 10.6 Å². The molecule has 0 saturated heterocycles. The second-order valence-electron chi connectivity index (χ2n) is 6.91. The van der Waals surface area contributed by atoms with Crippen LogP contribution in [0.4, 0.5) is 16.2 Å². The molecule has 8 nitrogen and oxygen atoms in total. The monoisotopic (exact) mass is 364 g/mol. The molecule has 1 aliphatic heterocycles. The highest BCUT2D eigenvalue weighted by atomic mass is 16.6. The summed E-state index contributed by atoms with van der Waals surface area (Å²) in [6, 6.07) is 10.5. The molecule has 2 rings (SSSR count). The van der Waals surface area contributed by atoms with Crippen molar-refractivity contribution < 1.29 is 9.53 Å². The first kappa shape index (κ1) is 19.6. The van der Waals surface area contributed by atoms with E-state index in [4.69, 9.17) is 15.3 Å². The fourth-order valence-electron chi connectivity index (χ4n) is 2.49. The number of anilines is 2. The van der Waals surface area contributed by atoms with Gasteiger partial charge in [0.15, 0.2) is 5.57 Å². The van der Waals surface area contributed by atoms with Crippen molar-refractivity contribution in [3.05, 3.63) is 35.0 Å². The largest absolute Gasteiger partial charge is 0.444 e. The minimum absolute atomic E-state index is 0.120. The van der Waals surface area contributed by atoms with Crippen molar-refractivity contribution in [2.45, 2.75) is 32.9 Å². The average molecular weight is 364 g/mol. The van der Waals surface area contributed by atoms with Crippen molar-refractivity contribution in [2.24, 2.45) is 0 Å². The van der Waals surface area contributed by atoms with E-state index in [-0.39, 0.29) is 11.3 Å². The number of benzene rings is 1. The van der Waals surface area contributed by atoms with Gasteiger partial charge in [0.25, 0.3) is 0 Å². The summed E-state index contributed by atoms with van der Waals surface area (Å²) >= 11 is 0. The number of fused-ring (bicyclic) bond motifs is 1. The third-order valence-corrected chi connectivity index (χ3v) is 3.67. The molecule has 0 spiro atoms. The maximum absolute atomic E-state index is 12.4. The van der Waals surface area contributed by atoms with Gasteiger partial charge in [-0.05, 0) is 44.5 Å². The van der Waals surface area contributed by atoms with E-state index in [0.717, 1.165) is 11.3 Å². The number of hydrogen-bond donors (Lipinski definition) is 2. The van der Waals surface area contributed by atoms with Crippen molar-refractivity contribution in [3.8, 4) is 18.2 Å². The van der Waals surface area contributed by atoms with Gasteiger partial charge in [0.1, 0.15) is 29.5 Å². The number of amides is 1. The van der Waals surface area contributed by atoms with Crippen molar-refractivity contribution in [2.75, 3.05) is 23.7 Å². The molecule has 138 valence electrons. The number of rotatable bonds is 2. The first-order valence-electron chi connectivity index (χ1n) is 8.33. The number of ether oxygens (including phenoxy) is 1. The maximum atomic E-state index is 12.4. The zero-order valence-corrected chi connectivity index (χ0v) is 15.5. The molecule has 0 atom stereocenters. The topological polar surface area (TPSA) is 125 Å². The number of nitrogens with one attached hydrogen (secondary N) is 2. The second-order valence-corrected chi connectivity index (χ2v) is 6.91. The Labute approximate surface area is 158 Å². The van der Waals surface area contributed by atoms with Crippen LogP contribution in [0.15, 0.2) is 29.5 Å². The van der Waals surface area contributed by atoms with Crippen molar-refractivity contribution in [1.29, 1.82) is 15.8 Å². The fraction of sp³-hybridized carbons (Fsp3) is 0.368. The predicted octanol–water partition coefficient (Wildman–Crippen LogP) is 3.09. The summed E-state index contributed by atoms with van der Waals surface area (Å²) in [6.45, 7) is 6.85. The van der Waals surface area contributed by atoms with Crippen LogP contribution in [0, 0.1) is 34.0 Å². The van der Waals surface area contributed by atoms with Crippen LogP contribution in [0.25, 0.3) is 0 Å². The molecule has 0 aliphatic carbocycles. The highest BCUT2D eigenvalue weighted by molar-refractivity contribution is 5.70. The third kappa shape index (κ3) is 5.14. The Kier molecular flexibility index (Phi) is 5.90. The standard InChI is InChI=1S/C19H20N6O2/c1-19(2,3)27-18(26)25-7-6-23-16-5-4-15(8-13(16)12-25)24-17(11-22)14(9-20)10-21/h4-5,8,23-24H,6-7,12H2,1-3H3. The Hall–Kier alpha value is -3.70. The van der Waals surface area contributed by atoms with E-state index in [1.807, 2.05) is 32.9 Å². The van der Waals surface area contributed by atoms with Crippen LogP contribution in [0.3, 0.4) is 0 Å². The smallest absolute Gasteiger partial charge is 0.410 e. The molecule has 1 heterocycles. The molecular weight excluding hydrogens is 344 g/mol. The molecule has 1 aromatic carbocycles. The average Bonchev–Trinajstić information content (AvgIpc) is 2.82. The van der Waals surface area contributed by atoms with E-state index in [9.17, 15) is 10.1 Å². The molecule has 0 unspecified atom stereocenters. The van der Waals surface area contributed by atoms with Gasteiger partial charge in [-0.3, -0.25) is 0 Å². The van der Waals surface area contributed by atoms with Gasteiger partial charge in [-0.2, -0.15) is 15.8 Å². The predicted molar refractivity (Wildman–Crippen MR) is 99.1 cm³/mol. The van der Waals surface area contributed by atoms with Gasteiger partial charge in [-0.1, -0.05) is 0 Å². The van der Waals surface area contributed by atoms with Gasteiger partial charge < -0.3 is 20.3 Å². The van der Waals surface area contributed by atoms with Crippen LogP contribution in [0.5, 0.6) is 0 Å². The van der Waals surface area contributed by atoms with Crippen LogP contribution in [-0.4, -0.2) is 29.7 Å². The van der Waals surface area contributed by atoms with E-state index < -0.39 is 11.7 Å². The van der Waals surface area contributed by atoms with Gasteiger partial charge in [-0.25, -0.2) is 4.79 Å². The van der Waals surface area contributed by atoms with Gasteiger partial charge >= 0.3 is 6.09 Å². The summed E-state index contributed by atoms with van der Waals surface area (Å²) in [5.41, 5.74) is 1.25. The molecule has 1 aromatic rings. The second kappa shape index (κ2) is 8.12. The fourth-order valence-corrected chi connectivity index (χ4v) is 2.49. The molecule has 8 heteroatoms. The highest BCUT2D eigenvalue weighted by Gasteiger charge is 2.24. The third-order valence-electron chi connectivity index (χ3n) is 3.67. The molecule has 0 saturated carbocycles. The summed E-state index contributed by atoms with van der Waals surface area (Å²) in [4.78, 5) is 14.0. The Morgan fingerprint density at radius 2 is 1.93 bits per heavy atom. The van der Waals surface area contributed by atoms with Crippen molar-refractivity contribution >= 4 is 17.5 Å². The lowest BCUT2D eigenvalue weighted by molar-refractivity contribution is 0.0245. The minimum Gasteiger partial charge on any atom is -0.444 e. The van der Waals surface area contributed by atoms with Crippen molar-refractivity contribution in [3.63, 3.8) is 0 Å². The first-order chi connectivity index (χ1) is 12.8. The number of carbonyl (C=O) groups is 1. The highest BCUT2D eigenvalue weighted by Crippen LogP contribution is 2.26. The molecule has 0 bridgehead atoms. The zero-order chi connectivity index (χ0) is 20.0. The lowest BCUT2D eigenvalue weighted by Gasteiger charge is -2.26. The lowest BCUT2D eigenvalue weighted by atomic mass is 10.1. The Morgan fingerprint density at radius 3 is 2.52 bits per heavy atom. The molecule has 27 heavy (non-hydrogen) atoms. The lowest BCUT2D eigenvalue weighted by Crippen LogP contribution is -2.37. The Balaban J connectivity index is 2.27. The normalized spacial score (nSPS) is 12.8. The quantitative estimate of drug-likeness (QED) is 0.772. The number of hydrogen-bond acceptors (Lipinski definition) is 7. The SMILES string of the molecule is CC(C)(C)OC(=O)N1CCNc2ccc(NC(C#N)=C(C#N)C#N)cc2C1. The Morgan fingerprint density at radius 1 is 1.22 bits per heavy atom. The van der Waals surface area contributed by atoms with Gasteiger partial charge in [-0.15, -0.1) is 0 Å². The van der Waals surface area contributed by atoms with Crippen molar-refractivity contribution in [1.82, 2.24) is 4.90 Å². The Bertz CT molecular complexity index is 877. The number of allylic oxidation sites excluding steroid dienone is 2. The maximum Gasteiger partial charge on any atom is 0.410 e. The molecular formula is C19H20N6O2. The van der Waals surface area contributed by atoms with Gasteiger partial charge in [0, 0.05) is 24.5 Å². The van der Waals surface area contributed by atoms with Gasteiger partial charge in [0.2, 0.25) is 0 Å². The molecule has 2 N–H and O–H groups in total. The van der Waals surface area contributed by atoms with E-state index in [1.165, 1.54) is 0 Å². The number of nitriles is 3. The molecule has 0 fully saturated rings. The number of carbonyl (C=O) groups excluding carboxylic acids is 1. The molecule has 0 aromatic heterocycles. The summed E-state index contributed by atoms with van der Waals surface area (Å²) in [7, 11) is 0. The summed E-state index contributed by atoms with van der Waals surface area (Å²) in [5.74, 6) is 0. The molecule has 1 aliphatic rings. The van der Waals surface area contributed by atoms with Gasteiger partial charge in [0.05, 0.1) is 6.54 Å². The molecule has 1 amide bonds. The first-order valence-corrected chi connectivity index (χ1v) is 8.33. The van der Waals surface area contributed by atoms with Crippen LogP contribution < -0.4 is 10.6 Å². The van der Waals surface area contributed by atoms with Crippen LogP contribution in [0.1, 0.15) is 26.3 Å². The number of nitrogens with zero attached hydrogens (tertiary/aromatic N) is 4. The summed E-state index contributed by atoms with van der Waals surface area (Å²) in [5, 5.41) is 33.1. The van der Waals surface area contributed by atoms with E-state index >= 15 is 0 Å². The van der Waals surface area contributed by atoms with E-state index in [1.54, 1.807) is 29.2 Å². The zero-order valence-electron chi connectivity index (χ0n) is 15.5. The van der Waals surface area contributed by atoms with Crippen LogP contribution >= 0.6 is 0 Å².